The van der Waals surface area contributed by atoms with Crippen molar-refractivity contribution in [3.63, 3.8) is 0 Å². The summed E-state index contributed by atoms with van der Waals surface area (Å²) in [6, 6.07) is 3.13. The summed E-state index contributed by atoms with van der Waals surface area (Å²) in [5, 5.41) is 13.6. The number of fused-ring (bicyclic) bond motifs is 1. The van der Waals surface area contributed by atoms with Crippen molar-refractivity contribution in [2.75, 3.05) is 12.5 Å². The van der Waals surface area contributed by atoms with Gasteiger partial charge < -0.3 is 24.8 Å². The normalized spacial score (nSPS) is 13.0. The van der Waals surface area contributed by atoms with E-state index in [1.54, 1.807) is 6.07 Å². The molecule has 0 amide bonds. The Bertz CT molecular complexity index is 596. The molecule has 3 N–H and O–H groups in total. The topological polar surface area (TPSA) is 90.7 Å². The summed E-state index contributed by atoms with van der Waals surface area (Å²) in [5.74, 6) is 1.59. The molecule has 88 valence electrons. The van der Waals surface area contributed by atoms with Gasteiger partial charge in [0.15, 0.2) is 23.1 Å². The molecule has 1 aromatic carbocycles. The zero-order chi connectivity index (χ0) is 12.0. The Morgan fingerprint density at radius 1 is 1.35 bits per heavy atom. The third-order valence-electron chi connectivity index (χ3n) is 2.37. The largest absolute Gasteiger partial charge is 0.506 e. The zero-order valence-corrected chi connectivity index (χ0v) is 10.0. The lowest BCUT2D eigenvalue weighted by Crippen LogP contribution is -1.93. The predicted molar refractivity (Wildman–Crippen MR) is 61.8 cm³/mol. The molecule has 1 aliphatic rings. The number of nitrogens with zero attached hydrogens (tertiary/aromatic N) is 1. The van der Waals surface area contributed by atoms with Gasteiger partial charge in [-0.05, 0) is 22.0 Å². The minimum atomic E-state index is -0.00889. The van der Waals surface area contributed by atoms with Gasteiger partial charge in [-0.3, -0.25) is 0 Å². The van der Waals surface area contributed by atoms with Crippen LogP contribution in [0.4, 0.5) is 5.82 Å². The summed E-state index contributed by atoms with van der Waals surface area (Å²) >= 11 is 3.24. The van der Waals surface area contributed by atoms with Gasteiger partial charge in [0, 0.05) is 6.07 Å². The van der Waals surface area contributed by atoms with E-state index in [1.807, 2.05) is 0 Å². The maximum absolute atomic E-state index is 10.0. The number of benzene rings is 1. The number of anilines is 1. The molecule has 0 saturated heterocycles. The first-order valence-electron chi connectivity index (χ1n) is 4.70. The SMILES string of the molecule is Nc1cc(-c2cc3c(c(Br)c2O)OCO3)on1. The van der Waals surface area contributed by atoms with E-state index in [1.165, 1.54) is 6.07 Å². The van der Waals surface area contributed by atoms with Gasteiger partial charge in [0.1, 0.15) is 10.2 Å². The second kappa shape index (κ2) is 3.56. The number of halogens is 1. The van der Waals surface area contributed by atoms with E-state index in [-0.39, 0.29) is 18.4 Å². The van der Waals surface area contributed by atoms with Crippen LogP contribution in [0.1, 0.15) is 0 Å². The minimum Gasteiger partial charge on any atom is -0.506 e. The third-order valence-corrected chi connectivity index (χ3v) is 3.11. The molecule has 0 spiro atoms. The highest BCUT2D eigenvalue weighted by atomic mass is 79.9. The van der Waals surface area contributed by atoms with Crippen LogP contribution in [-0.2, 0) is 0 Å². The molecule has 0 bridgehead atoms. The van der Waals surface area contributed by atoms with Gasteiger partial charge in [0.2, 0.25) is 6.79 Å². The molecule has 0 aliphatic carbocycles. The molecule has 17 heavy (non-hydrogen) atoms. The van der Waals surface area contributed by atoms with Crippen LogP contribution in [0.25, 0.3) is 11.3 Å². The lowest BCUT2D eigenvalue weighted by molar-refractivity contribution is 0.173. The summed E-state index contributed by atoms with van der Waals surface area (Å²) in [5.41, 5.74) is 5.90. The molecule has 1 aliphatic heterocycles. The Morgan fingerprint density at radius 2 is 2.18 bits per heavy atom. The first-order valence-corrected chi connectivity index (χ1v) is 5.49. The summed E-state index contributed by atoms with van der Waals surface area (Å²) in [4.78, 5) is 0. The smallest absolute Gasteiger partial charge is 0.231 e. The molecular formula is C10H7BrN2O4. The molecule has 7 heteroatoms. The minimum absolute atomic E-state index is 0.00889. The van der Waals surface area contributed by atoms with Crippen molar-refractivity contribution >= 4 is 21.7 Å². The second-order valence-corrected chi connectivity index (χ2v) is 4.23. The number of aromatic nitrogens is 1. The summed E-state index contributed by atoms with van der Waals surface area (Å²) in [6.45, 7) is 0.120. The van der Waals surface area contributed by atoms with Crippen LogP contribution in [0, 0.1) is 0 Å². The fourth-order valence-electron chi connectivity index (χ4n) is 1.60. The van der Waals surface area contributed by atoms with Gasteiger partial charge in [0.05, 0.1) is 5.56 Å². The van der Waals surface area contributed by atoms with Gasteiger partial charge >= 0.3 is 0 Å². The van der Waals surface area contributed by atoms with Crippen LogP contribution in [-0.4, -0.2) is 17.1 Å². The highest BCUT2D eigenvalue weighted by molar-refractivity contribution is 9.10. The molecule has 6 nitrogen and oxygen atoms in total. The maximum atomic E-state index is 10.0. The molecule has 0 saturated carbocycles. The third kappa shape index (κ3) is 1.50. The number of aromatic hydroxyl groups is 1. The van der Waals surface area contributed by atoms with Crippen molar-refractivity contribution in [2.45, 2.75) is 0 Å². The van der Waals surface area contributed by atoms with Crippen molar-refractivity contribution in [2.24, 2.45) is 0 Å². The number of nitrogens with two attached hydrogens (primary N) is 1. The predicted octanol–water partition coefficient (Wildman–Crippen LogP) is 2.12. The molecule has 2 heterocycles. The van der Waals surface area contributed by atoms with E-state index in [2.05, 4.69) is 21.1 Å². The van der Waals surface area contributed by atoms with Crippen LogP contribution in [0.2, 0.25) is 0 Å². The monoisotopic (exact) mass is 298 g/mol. The number of nitrogen functional groups attached to an aromatic ring is 1. The standard InChI is InChI=1S/C10H7BrN2O4/c11-8-9(14)4(5-2-7(12)13-17-5)1-6-10(8)16-3-15-6/h1-2,14H,3H2,(H2,12,13). The average Bonchev–Trinajstić information content (AvgIpc) is 2.91. The molecule has 0 fully saturated rings. The first kappa shape index (κ1) is 10.3. The van der Waals surface area contributed by atoms with Gasteiger partial charge in [-0.25, -0.2) is 0 Å². The van der Waals surface area contributed by atoms with E-state index >= 15 is 0 Å². The second-order valence-electron chi connectivity index (χ2n) is 3.44. The molecule has 0 atom stereocenters. The zero-order valence-electron chi connectivity index (χ0n) is 8.44. The fourth-order valence-corrected chi connectivity index (χ4v) is 2.12. The Kier molecular flexibility index (Phi) is 2.15. The van der Waals surface area contributed by atoms with Gasteiger partial charge in [-0.15, -0.1) is 0 Å². The molecular weight excluding hydrogens is 292 g/mol. The van der Waals surface area contributed by atoms with E-state index in [0.717, 1.165) is 0 Å². The summed E-state index contributed by atoms with van der Waals surface area (Å²) in [6.07, 6.45) is 0. The number of hydrogen-bond donors (Lipinski definition) is 2. The highest BCUT2D eigenvalue weighted by Crippen LogP contribution is 2.49. The molecule has 0 unspecified atom stereocenters. The first-order chi connectivity index (χ1) is 8.16. The molecule has 1 aromatic heterocycles. The Balaban J connectivity index is 2.21. The van der Waals surface area contributed by atoms with E-state index < -0.39 is 0 Å². The van der Waals surface area contributed by atoms with Gasteiger partial charge in [-0.2, -0.15) is 0 Å². The van der Waals surface area contributed by atoms with E-state index in [0.29, 0.717) is 27.3 Å². The fraction of sp³-hybridized carbons (Fsp3) is 0.100. The quantitative estimate of drug-likeness (QED) is 0.838. The number of hydrogen-bond acceptors (Lipinski definition) is 6. The van der Waals surface area contributed by atoms with E-state index in [9.17, 15) is 5.11 Å². The van der Waals surface area contributed by atoms with Crippen LogP contribution >= 0.6 is 15.9 Å². The Morgan fingerprint density at radius 3 is 2.88 bits per heavy atom. The highest BCUT2D eigenvalue weighted by Gasteiger charge is 2.24. The summed E-state index contributed by atoms with van der Waals surface area (Å²) in [7, 11) is 0. The average molecular weight is 299 g/mol. The van der Waals surface area contributed by atoms with E-state index in [4.69, 9.17) is 19.7 Å². The van der Waals surface area contributed by atoms with Crippen molar-refractivity contribution < 1.29 is 19.1 Å². The molecule has 2 aromatic rings. The molecule has 3 rings (SSSR count). The van der Waals surface area contributed by atoms with Crippen molar-refractivity contribution in [3.8, 4) is 28.6 Å². The number of phenols is 1. The molecule has 0 radical (unpaired) electrons. The van der Waals surface area contributed by atoms with Crippen LogP contribution in [0.5, 0.6) is 17.2 Å². The number of rotatable bonds is 1. The Labute approximate surface area is 104 Å². The van der Waals surface area contributed by atoms with Gasteiger partial charge in [-0.1, -0.05) is 5.16 Å². The Hall–Kier alpha value is -1.89. The van der Waals surface area contributed by atoms with Crippen molar-refractivity contribution in [3.05, 3.63) is 16.6 Å². The van der Waals surface area contributed by atoms with Gasteiger partial charge in [0.25, 0.3) is 0 Å². The lowest BCUT2D eigenvalue weighted by Gasteiger charge is -2.06. The van der Waals surface area contributed by atoms with Crippen molar-refractivity contribution in [1.29, 1.82) is 0 Å². The van der Waals surface area contributed by atoms with Crippen molar-refractivity contribution in [1.82, 2.24) is 5.16 Å². The number of ether oxygens (including phenoxy) is 2. The van der Waals surface area contributed by atoms with Crippen LogP contribution in [0.3, 0.4) is 0 Å². The van der Waals surface area contributed by atoms with Crippen LogP contribution < -0.4 is 15.2 Å². The number of phenolic OH excluding ortho intramolecular Hbond substituents is 1. The summed E-state index contributed by atoms with van der Waals surface area (Å²) < 4.78 is 15.9. The lowest BCUT2D eigenvalue weighted by atomic mass is 10.1. The maximum Gasteiger partial charge on any atom is 0.231 e. The van der Waals surface area contributed by atoms with Crippen LogP contribution in [0.15, 0.2) is 21.1 Å².